The molecule has 0 aliphatic carbocycles. The number of aliphatic hydroxyl groups excluding tert-OH is 1. The summed E-state index contributed by atoms with van der Waals surface area (Å²) in [5, 5.41) is 25.5. The van der Waals surface area contributed by atoms with Crippen LogP contribution in [0.15, 0.2) is 6.07 Å². The maximum atomic E-state index is 10.4. The number of rotatable bonds is 5. The maximum Gasteiger partial charge on any atom is 0.390 e. The molecule has 0 fully saturated rings. The van der Waals surface area contributed by atoms with E-state index in [1.807, 2.05) is 0 Å². The molecule has 7 nitrogen and oxygen atoms in total. The minimum atomic E-state index is -0.532. The van der Waals surface area contributed by atoms with Crippen molar-refractivity contribution in [2.75, 3.05) is 13.2 Å². The average molecular weight is 200 g/mol. The summed E-state index contributed by atoms with van der Waals surface area (Å²) >= 11 is 0. The van der Waals surface area contributed by atoms with E-state index in [4.69, 9.17) is 5.11 Å². The van der Waals surface area contributed by atoms with Gasteiger partial charge in [0.05, 0.1) is 30.5 Å². The van der Waals surface area contributed by atoms with Crippen molar-refractivity contribution < 1.29 is 10.0 Å². The van der Waals surface area contributed by atoms with E-state index < -0.39 is 4.92 Å². The van der Waals surface area contributed by atoms with Crippen molar-refractivity contribution in [3.8, 4) is 0 Å². The first-order valence-corrected chi connectivity index (χ1v) is 4.14. The summed E-state index contributed by atoms with van der Waals surface area (Å²) in [6, 6.07) is 1.41. The lowest BCUT2D eigenvalue weighted by atomic mass is 10.4. The van der Waals surface area contributed by atoms with Gasteiger partial charge in [0.2, 0.25) is 0 Å². The van der Waals surface area contributed by atoms with Crippen LogP contribution in [0.1, 0.15) is 5.69 Å². The van der Waals surface area contributed by atoms with Gasteiger partial charge in [0.25, 0.3) is 0 Å². The van der Waals surface area contributed by atoms with Crippen molar-refractivity contribution in [3.63, 3.8) is 0 Å². The minimum Gasteiger partial charge on any atom is -0.395 e. The fourth-order valence-corrected chi connectivity index (χ4v) is 1.04. The summed E-state index contributed by atoms with van der Waals surface area (Å²) in [5.41, 5.74) is 0.713. The van der Waals surface area contributed by atoms with Gasteiger partial charge in [-0.1, -0.05) is 0 Å². The van der Waals surface area contributed by atoms with Gasteiger partial charge in [-0.15, -0.1) is 0 Å². The SMILES string of the molecule is Cn1nc([N+](=O)[O-])cc1CNCCO. The van der Waals surface area contributed by atoms with Crippen molar-refractivity contribution in [1.29, 1.82) is 0 Å². The number of hydrogen-bond donors (Lipinski definition) is 2. The van der Waals surface area contributed by atoms with Crippen LogP contribution in [0.5, 0.6) is 0 Å². The lowest BCUT2D eigenvalue weighted by Gasteiger charge is -1.99. The number of nitrogens with one attached hydrogen (secondary N) is 1. The Bertz CT molecular complexity index is 323. The molecule has 0 atom stereocenters. The molecule has 1 heterocycles. The normalized spacial score (nSPS) is 10.4. The van der Waals surface area contributed by atoms with Crippen LogP contribution in [0.4, 0.5) is 5.82 Å². The summed E-state index contributed by atoms with van der Waals surface area (Å²) in [6.07, 6.45) is 0. The minimum absolute atomic E-state index is 0.0416. The van der Waals surface area contributed by atoms with Crippen LogP contribution in [0.25, 0.3) is 0 Å². The van der Waals surface area contributed by atoms with Gasteiger partial charge >= 0.3 is 5.82 Å². The summed E-state index contributed by atoms with van der Waals surface area (Å²) in [6.45, 7) is 0.955. The molecule has 0 aliphatic rings. The number of aryl methyl sites for hydroxylation is 1. The number of nitrogens with zero attached hydrogens (tertiary/aromatic N) is 3. The largest absolute Gasteiger partial charge is 0.395 e. The Hall–Kier alpha value is -1.47. The van der Waals surface area contributed by atoms with Crippen molar-refractivity contribution in [2.45, 2.75) is 6.54 Å². The zero-order valence-corrected chi connectivity index (χ0v) is 7.80. The second-order valence-corrected chi connectivity index (χ2v) is 2.77. The van der Waals surface area contributed by atoms with Crippen LogP contribution >= 0.6 is 0 Å². The number of hydrogen-bond acceptors (Lipinski definition) is 5. The molecule has 0 bridgehead atoms. The number of aliphatic hydroxyl groups is 1. The van der Waals surface area contributed by atoms with E-state index >= 15 is 0 Å². The first-order chi connectivity index (χ1) is 6.65. The second-order valence-electron chi connectivity index (χ2n) is 2.77. The van der Waals surface area contributed by atoms with E-state index in [9.17, 15) is 10.1 Å². The molecule has 0 spiro atoms. The van der Waals surface area contributed by atoms with Gasteiger partial charge in [0.15, 0.2) is 0 Å². The van der Waals surface area contributed by atoms with Crippen molar-refractivity contribution in [3.05, 3.63) is 21.9 Å². The molecule has 0 unspecified atom stereocenters. The Morgan fingerprint density at radius 3 is 3.00 bits per heavy atom. The molecule has 2 N–H and O–H groups in total. The Labute approximate surface area is 80.5 Å². The fourth-order valence-electron chi connectivity index (χ4n) is 1.04. The van der Waals surface area contributed by atoms with Gasteiger partial charge in [-0.25, -0.2) is 0 Å². The molecule has 0 saturated heterocycles. The van der Waals surface area contributed by atoms with Crippen LogP contribution in [-0.4, -0.2) is 33.0 Å². The molecule has 0 radical (unpaired) electrons. The highest BCUT2D eigenvalue weighted by Gasteiger charge is 2.14. The predicted octanol–water partition coefficient (Wildman–Crippen LogP) is -0.590. The highest BCUT2D eigenvalue weighted by Crippen LogP contribution is 2.09. The Morgan fingerprint density at radius 1 is 1.79 bits per heavy atom. The van der Waals surface area contributed by atoms with Gasteiger partial charge < -0.3 is 20.5 Å². The summed E-state index contributed by atoms with van der Waals surface area (Å²) < 4.78 is 1.45. The van der Waals surface area contributed by atoms with Gasteiger partial charge in [-0.05, 0) is 4.92 Å². The standard InChI is InChI=1S/C7H12N4O3/c1-10-6(5-8-2-3-12)4-7(9-10)11(13)14/h4,8,12H,2-3,5H2,1H3. The van der Waals surface area contributed by atoms with Gasteiger partial charge in [0, 0.05) is 13.1 Å². The molecule has 7 heteroatoms. The second kappa shape index (κ2) is 4.68. The van der Waals surface area contributed by atoms with E-state index in [1.54, 1.807) is 7.05 Å². The highest BCUT2D eigenvalue weighted by molar-refractivity contribution is 5.21. The zero-order chi connectivity index (χ0) is 10.6. The summed E-state index contributed by atoms with van der Waals surface area (Å²) in [7, 11) is 1.64. The first kappa shape index (κ1) is 10.6. The van der Waals surface area contributed by atoms with Gasteiger partial charge in [-0.2, -0.15) is 4.68 Å². The third kappa shape index (κ3) is 2.51. The average Bonchev–Trinajstić information content (AvgIpc) is 2.49. The van der Waals surface area contributed by atoms with E-state index in [1.165, 1.54) is 10.7 Å². The molecule has 0 saturated carbocycles. The molecule has 1 aromatic rings. The van der Waals surface area contributed by atoms with Crippen molar-refractivity contribution >= 4 is 5.82 Å². The van der Waals surface area contributed by atoms with Gasteiger partial charge in [-0.3, -0.25) is 0 Å². The third-order valence-electron chi connectivity index (χ3n) is 1.75. The molecular formula is C7H12N4O3. The van der Waals surface area contributed by atoms with E-state index in [-0.39, 0.29) is 12.4 Å². The van der Waals surface area contributed by atoms with Crippen molar-refractivity contribution in [1.82, 2.24) is 15.1 Å². The van der Waals surface area contributed by atoms with E-state index in [0.29, 0.717) is 18.8 Å². The Kier molecular flexibility index (Phi) is 3.55. The molecule has 1 rings (SSSR count). The van der Waals surface area contributed by atoms with Crippen LogP contribution in [0.2, 0.25) is 0 Å². The molecule has 1 aromatic heterocycles. The van der Waals surface area contributed by atoms with Crippen LogP contribution < -0.4 is 5.32 Å². The molecular weight excluding hydrogens is 188 g/mol. The molecule has 0 aliphatic heterocycles. The lowest BCUT2D eigenvalue weighted by Crippen LogP contribution is -2.19. The smallest absolute Gasteiger partial charge is 0.390 e. The fraction of sp³-hybridized carbons (Fsp3) is 0.571. The summed E-state index contributed by atoms with van der Waals surface area (Å²) in [5.74, 6) is -0.159. The Balaban J connectivity index is 2.63. The topological polar surface area (TPSA) is 93.2 Å². The Morgan fingerprint density at radius 2 is 2.50 bits per heavy atom. The molecule has 0 aromatic carbocycles. The van der Waals surface area contributed by atoms with Crippen LogP contribution in [0, 0.1) is 10.1 Å². The maximum absolute atomic E-state index is 10.4. The van der Waals surface area contributed by atoms with E-state index in [2.05, 4.69) is 10.4 Å². The number of aromatic nitrogens is 2. The van der Waals surface area contributed by atoms with Gasteiger partial charge in [0.1, 0.15) is 0 Å². The highest BCUT2D eigenvalue weighted by atomic mass is 16.6. The molecule has 78 valence electrons. The van der Waals surface area contributed by atoms with Crippen LogP contribution in [0.3, 0.4) is 0 Å². The van der Waals surface area contributed by atoms with E-state index in [0.717, 1.165) is 0 Å². The monoisotopic (exact) mass is 200 g/mol. The first-order valence-electron chi connectivity index (χ1n) is 4.14. The summed E-state index contributed by atoms with van der Waals surface area (Å²) in [4.78, 5) is 9.83. The quantitative estimate of drug-likeness (QED) is 0.376. The predicted molar refractivity (Wildman–Crippen MR) is 48.7 cm³/mol. The van der Waals surface area contributed by atoms with Crippen molar-refractivity contribution in [2.24, 2.45) is 7.05 Å². The zero-order valence-electron chi connectivity index (χ0n) is 7.80. The third-order valence-corrected chi connectivity index (χ3v) is 1.75. The molecule has 0 amide bonds. The lowest BCUT2D eigenvalue weighted by molar-refractivity contribution is -0.389. The molecule has 14 heavy (non-hydrogen) atoms. The number of nitro groups is 1. The van der Waals surface area contributed by atoms with Crippen LogP contribution in [-0.2, 0) is 13.6 Å².